The lowest BCUT2D eigenvalue weighted by molar-refractivity contribution is -0.118. The smallest absolute Gasteiger partial charge is 0.243 e. The molecule has 0 aliphatic heterocycles. The Morgan fingerprint density at radius 3 is 2.50 bits per heavy atom. The highest BCUT2D eigenvalue weighted by atomic mass is 35.5. The Morgan fingerprint density at radius 2 is 1.88 bits per heavy atom. The zero-order valence-electron chi connectivity index (χ0n) is 13.8. The fourth-order valence-electron chi connectivity index (χ4n) is 2.30. The van der Waals surface area contributed by atoms with Gasteiger partial charge in [-0.05, 0) is 23.8 Å². The van der Waals surface area contributed by atoms with Gasteiger partial charge in [-0.15, -0.1) is 12.4 Å². The summed E-state index contributed by atoms with van der Waals surface area (Å²) in [4.78, 5) is 12.0. The highest BCUT2D eigenvalue weighted by Crippen LogP contribution is 2.25. The minimum atomic E-state index is -0.695. The van der Waals surface area contributed by atoms with E-state index in [4.69, 9.17) is 15.2 Å². The number of benzene rings is 2. The highest BCUT2D eigenvalue weighted by Gasteiger charge is 2.14. The lowest BCUT2D eigenvalue weighted by Crippen LogP contribution is -2.39. The minimum absolute atomic E-state index is 0. The second-order valence-corrected chi connectivity index (χ2v) is 5.24. The number of hydrogen-bond acceptors (Lipinski definition) is 4. The number of nitrogens with two attached hydrogens (primary N) is 1. The quantitative estimate of drug-likeness (QED) is 0.805. The molecule has 0 spiro atoms. The highest BCUT2D eigenvalue weighted by molar-refractivity contribution is 5.94. The van der Waals surface area contributed by atoms with Crippen LogP contribution in [0.25, 0.3) is 0 Å². The van der Waals surface area contributed by atoms with Crippen LogP contribution in [0.3, 0.4) is 0 Å². The van der Waals surface area contributed by atoms with Crippen LogP contribution in [0.15, 0.2) is 48.5 Å². The predicted octanol–water partition coefficient (Wildman–Crippen LogP) is 2.62. The molecule has 0 aliphatic carbocycles. The van der Waals surface area contributed by atoms with E-state index in [1.165, 1.54) is 12.7 Å². The van der Waals surface area contributed by atoms with Gasteiger partial charge in [0.2, 0.25) is 5.91 Å². The molecule has 24 heavy (non-hydrogen) atoms. The van der Waals surface area contributed by atoms with Crippen LogP contribution in [-0.4, -0.2) is 32.8 Å². The van der Waals surface area contributed by atoms with Crippen LogP contribution in [-0.2, 0) is 16.0 Å². The minimum Gasteiger partial charge on any atom is -0.496 e. The summed E-state index contributed by atoms with van der Waals surface area (Å²) in [5.74, 6) is 0.510. The number of amides is 1. The summed E-state index contributed by atoms with van der Waals surface area (Å²) < 4.78 is 10.3. The van der Waals surface area contributed by atoms with Crippen molar-refractivity contribution in [3.8, 4) is 5.75 Å². The molecule has 6 heteroatoms. The number of nitrogens with one attached hydrogen (secondary N) is 1. The number of rotatable bonds is 7. The number of halogens is 1. The van der Waals surface area contributed by atoms with E-state index in [0.29, 0.717) is 5.69 Å². The molecule has 3 N–H and O–H groups in total. The summed E-state index contributed by atoms with van der Waals surface area (Å²) in [7, 11) is 3.15. The number of ether oxygens (including phenoxy) is 2. The fraction of sp³-hybridized carbons (Fsp3) is 0.278. The van der Waals surface area contributed by atoms with Crippen molar-refractivity contribution < 1.29 is 14.3 Å². The Hall–Kier alpha value is -2.08. The summed E-state index contributed by atoms with van der Waals surface area (Å²) in [5, 5.41) is 2.80. The van der Waals surface area contributed by atoms with Crippen molar-refractivity contribution >= 4 is 24.0 Å². The summed E-state index contributed by atoms with van der Waals surface area (Å²) in [6, 6.07) is 14.9. The van der Waals surface area contributed by atoms with Gasteiger partial charge in [-0.25, -0.2) is 0 Å². The molecule has 1 atom stereocenters. The standard InChI is InChI=1S/C18H22N2O3.ClH/c1-22-12-16(19)18(21)20-15-8-9-17(23-2)14(11-15)10-13-6-4-3-5-7-13;/h3-9,11,16H,10,12,19H2,1-2H3,(H,20,21);1H. The third-order valence-electron chi connectivity index (χ3n) is 3.47. The summed E-state index contributed by atoms with van der Waals surface area (Å²) in [5.41, 5.74) is 8.59. The van der Waals surface area contributed by atoms with Crippen LogP contribution in [0.2, 0.25) is 0 Å². The molecule has 0 bridgehead atoms. The Bertz CT molecular complexity index is 650. The van der Waals surface area contributed by atoms with Crippen LogP contribution in [0.4, 0.5) is 5.69 Å². The molecule has 1 amide bonds. The van der Waals surface area contributed by atoms with E-state index in [-0.39, 0.29) is 24.9 Å². The normalized spacial score (nSPS) is 11.3. The van der Waals surface area contributed by atoms with Crippen LogP contribution in [0.5, 0.6) is 5.75 Å². The molecular weight excluding hydrogens is 328 g/mol. The molecule has 5 nitrogen and oxygen atoms in total. The van der Waals surface area contributed by atoms with E-state index in [1.54, 1.807) is 13.2 Å². The average Bonchev–Trinajstić information content (AvgIpc) is 2.56. The monoisotopic (exact) mass is 350 g/mol. The van der Waals surface area contributed by atoms with Crippen molar-refractivity contribution in [1.29, 1.82) is 0 Å². The maximum Gasteiger partial charge on any atom is 0.243 e. The molecule has 0 saturated carbocycles. The topological polar surface area (TPSA) is 73.6 Å². The summed E-state index contributed by atoms with van der Waals surface area (Å²) in [6.45, 7) is 0.179. The maximum absolute atomic E-state index is 12.0. The zero-order valence-corrected chi connectivity index (χ0v) is 14.6. The van der Waals surface area contributed by atoms with E-state index in [2.05, 4.69) is 17.4 Å². The van der Waals surface area contributed by atoms with Gasteiger partial charge in [0.25, 0.3) is 0 Å². The summed E-state index contributed by atoms with van der Waals surface area (Å²) in [6.07, 6.45) is 0.720. The lowest BCUT2D eigenvalue weighted by atomic mass is 10.0. The molecule has 1 unspecified atom stereocenters. The van der Waals surface area contributed by atoms with E-state index in [9.17, 15) is 4.79 Å². The molecule has 2 rings (SSSR count). The first-order valence-electron chi connectivity index (χ1n) is 7.40. The van der Waals surface area contributed by atoms with Gasteiger partial charge in [0.15, 0.2) is 0 Å². The van der Waals surface area contributed by atoms with Crippen LogP contribution >= 0.6 is 12.4 Å². The molecule has 0 heterocycles. The second-order valence-electron chi connectivity index (χ2n) is 5.24. The Morgan fingerprint density at radius 1 is 1.17 bits per heavy atom. The van der Waals surface area contributed by atoms with Crippen molar-refractivity contribution in [2.45, 2.75) is 12.5 Å². The lowest BCUT2D eigenvalue weighted by Gasteiger charge is -2.14. The van der Waals surface area contributed by atoms with E-state index in [1.807, 2.05) is 30.3 Å². The first-order valence-corrected chi connectivity index (χ1v) is 7.40. The van der Waals surface area contributed by atoms with E-state index >= 15 is 0 Å². The van der Waals surface area contributed by atoms with Crippen LogP contribution in [0, 0.1) is 0 Å². The summed E-state index contributed by atoms with van der Waals surface area (Å²) >= 11 is 0. The van der Waals surface area contributed by atoms with Gasteiger partial charge in [-0.3, -0.25) is 4.79 Å². The largest absolute Gasteiger partial charge is 0.496 e. The molecule has 0 aliphatic rings. The Kier molecular flexibility index (Phi) is 8.26. The van der Waals surface area contributed by atoms with Crippen LogP contribution < -0.4 is 15.8 Å². The van der Waals surface area contributed by atoms with Gasteiger partial charge < -0.3 is 20.5 Å². The van der Waals surface area contributed by atoms with Crippen molar-refractivity contribution in [2.75, 3.05) is 26.1 Å². The second kappa shape index (κ2) is 9.93. The van der Waals surface area contributed by atoms with E-state index in [0.717, 1.165) is 17.7 Å². The average molecular weight is 351 g/mol. The van der Waals surface area contributed by atoms with Crippen molar-refractivity contribution in [3.05, 3.63) is 59.7 Å². The number of methoxy groups -OCH3 is 2. The van der Waals surface area contributed by atoms with Gasteiger partial charge in [0.05, 0.1) is 13.7 Å². The number of hydrogen-bond donors (Lipinski definition) is 2. The molecule has 0 fully saturated rings. The Labute approximate surface area is 148 Å². The molecule has 0 radical (unpaired) electrons. The first-order chi connectivity index (χ1) is 11.1. The SMILES string of the molecule is COCC(N)C(=O)Nc1ccc(OC)c(Cc2ccccc2)c1.Cl. The van der Waals surface area contributed by atoms with Crippen molar-refractivity contribution in [3.63, 3.8) is 0 Å². The first kappa shape index (κ1) is 20.0. The van der Waals surface area contributed by atoms with Gasteiger partial charge in [-0.2, -0.15) is 0 Å². The molecule has 0 saturated heterocycles. The third kappa shape index (κ3) is 5.53. The molecule has 0 aromatic heterocycles. The van der Waals surface area contributed by atoms with Crippen LogP contribution in [0.1, 0.15) is 11.1 Å². The van der Waals surface area contributed by atoms with Crippen molar-refractivity contribution in [1.82, 2.24) is 0 Å². The predicted molar refractivity (Wildman–Crippen MR) is 98.0 cm³/mol. The molecular formula is C18H23ClN2O3. The number of anilines is 1. The van der Waals surface area contributed by atoms with Gasteiger partial charge in [0, 0.05) is 24.8 Å². The van der Waals surface area contributed by atoms with Gasteiger partial charge in [-0.1, -0.05) is 30.3 Å². The van der Waals surface area contributed by atoms with E-state index < -0.39 is 6.04 Å². The van der Waals surface area contributed by atoms with Gasteiger partial charge >= 0.3 is 0 Å². The number of carbonyl (C=O) groups is 1. The number of carbonyl (C=O) groups excluding carboxylic acids is 1. The molecule has 130 valence electrons. The third-order valence-corrected chi connectivity index (χ3v) is 3.47. The maximum atomic E-state index is 12.0. The Balaban J connectivity index is 0.00000288. The van der Waals surface area contributed by atoms with Gasteiger partial charge in [0.1, 0.15) is 11.8 Å². The fourth-order valence-corrected chi connectivity index (χ4v) is 2.30. The molecule has 2 aromatic carbocycles. The molecule has 2 aromatic rings. The van der Waals surface area contributed by atoms with Crippen molar-refractivity contribution in [2.24, 2.45) is 5.73 Å². The zero-order chi connectivity index (χ0) is 16.7.